The van der Waals surface area contributed by atoms with Crippen molar-refractivity contribution in [2.45, 2.75) is 12.8 Å². The minimum atomic E-state index is -0.340. The number of nitrogens with one attached hydrogen (secondary N) is 3. The zero-order valence-corrected chi connectivity index (χ0v) is 14.3. The fourth-order valence-corrected chi connectivity index (χ4v) is 2.63. The van der Waals surface area contributed by atoms with Gasteiger partial charge in [0.2, 0.25) is 5.43 Å². The zero-order valence-electron chi connectivity index (χ0n) is 13.6. The van der Waals surface area contributed by atoms with Gasteiger partial charge in [-0.25, -0.2) is 4.98 Å². The van der Waals surface area contributed by atoms with E-state index in [0.29, 0.717) is 24.4 Å². The number of aryl methyl sites for hydroxylation is 1. The maximum atomic E-state index is 12.0. The van der Waals surface area contributed by atoms with Crippen molar-refractivity contribution < 1.29 is 9.53 Å². The van der Waals surface area contributed by atoms with E-state index in [9.17, 15) is 9.59 Å². The molecule has 1 amide bonds. The number of rotatable bonds is 6. The molecular weight excluding hydrogens is 344 g/mol. The van der Waals surface area contributed by atoms with Crippen LogP contribution in [0.15, 0.2) is 35.3 Å². The van der Waals surface area contributed by atoms with E-state index in [1.807, 2.05) is 12.1 Å². The summed E-state index contributed by atoms with van der Waals surface area (Å²) in [5, 5.41) is 3.42. The molecule has 0 unspecified atom stereocenters. The number of hydrogen-bond acceptors (Lipinski definition) is 4. The normalized spacial score (nSPS) is 10.8. The first kappa shape index (κ1) is 17.0. The Balaban J connectivity index is 1.52. The number of amides is 1. The smallest absolute Gasteiger partial charge is 0.267 e. The highest BCUT2D eigenvalue weighted by Crippen LogP contribution is 2.17. The number of fused-ring (bicyclic) bond motifs is 1. The number of aromatic nitrogens is 3. The Kier molecular flexibility index (Phi) is 5.04. The van der Waals surface area contributed by atoms with Crippen LogP contribution in [0.3, 0.4) is 0 Å². The Labute approximate surface area is 148 Å². The average molecular weight is 361 g/mol. The van der Waals surface area contributed by atoms with Crippen molar-refractivity contribution in [2.75, 3.05) is 13.7 Å². The molecule has 8 heteroatoms. The third kappa shape index (κ3) is 4.00. The van der Waals surface area contributed by atoms with Gasteiger partial charge in [-0.05, 0) is 24.6 Å². The van der Waals surface area contributed by atoms with Crippen molar-refractivity contribution >= 4 is 28.5 Å². The van der Waals surface area contributed by atoms with E-state index in [0.717, 1.165) is 16.9 Å². The molecule has 0 saturated heterocycles. The second-order valence-electron chi connectivity index (χ2n) is 5.48. The molecular formula is C17H17ClN4O3. The number of carbonyl (C=O) groups is 1. The maximum Gasteiger partial charge on any atom is 0.267 e. The Morgan fingerprint density at radius 2 is 2.20 bits per heavy atom. The predicted molar refractivity (Wildman–Crippen MR) is 95.4 cm³/mol. The van der Waals surface area contributed by atoms with Crippen LogP contribution in [0.1, 0.15) is 22.7 Å². The van der Waals surface area contributed by atoms with Crippen molar-refractivity contribution in [3.63, 3.8) is 0 Å². The number of ether oxygens (including phenoxy) is 1. The first-order chi connectivity index (χ1) is 12.1. The summed E-state index contributed by atoms with van der Waals surface area (Å²) in [6.45, 7) is 0.463. The number of methoxy groups -OCH3 is 1. The fourth-order valence-electron chi connectivity index (χ4n) is 2.45. The lowest BCUT2D eigenvalue weighted by atomic mass is 10.3. The molecule has 2 aromatic heterocycles. The Hall–Kier alpha value is -2.80. The summed E-state index contributed by atoms with van der Waals surface area (Å²) in [6, 6.07) is 6.70. The summed E-state index contributed by atoms with van der Waals surface area (Å²) >= 11 is 5.95. The van der Waals surface area contributed by atoms with E-state index >= 15 is 0 Å². The van der Waals surface area contributed by atoms with E-state index in [4.69, 9.17) is 16.3 Å². The maximum absolute atomic E-state index is 12.0. The predicted octanol–water partition coefficient (Wildman–Crippen LogP) is 2.28. The molecule has 0 spiro atoms. The number of halogens is 1. The van der Waals surface area contributed by atoms with Crippen molar-refractivity contribution in [3.05, 3.63) is 57.2 Å². The molecule has 7 nitrogen and oxygen atoms in total. The van der Waals surface area contributed by atoms with E-state index in [-0.39, 0.29) is 22.8 Å². The number of pyridine rings is 1. The Morgan fingerprint density at radius 3 is 2.96 bits per heavy atom. The van der Waals surface area contributed by atoms with Gasteiger partial charge in [0, 0.05) is 30.3 Å². The summed E-state index contributed by atoms with van der Waals surface area (Å²) in [5.74, 6) is 0.669. The van der Waals surface area contributed by atoms with Crippen LogP contribution in [0.2, 0.25) is 5.02 Å². The molecule has 3 aromatic rings. The highest BCUT2D eigenvalue weighted by atomic mass is 35.5. The summed E-state index contributed by atoms with van der Waals surface area (Å²) in [4.78, 5) is 34.1. The molecule has 0 fully saturated rings. The Bertz CT molecular complexity index is 964. The Morgan fingerprint density at radius 1 is 1.36 bits per heavy atom. The molecule has 0 radical (unpaired) electrons. The van der Waals surface area contributed by atoms with Gasteiger partial charge in [-0.15, -0.1) is 0 Å². The molecule has 2 heterocycles. The largest absolute Gasteiger partial charge is 0.491 e. The van der Waals surface area contributed by atoms with Crippen LogP contribution in [-0.2, 0) is 6.42 Å². The number of aromatic amines is 2. The molecule has 0 atom stereocenters. The van der Waals surface area contributed by atoms with Gasteiger partial charge in [-0.2, -0.15) is 0 Å². The number of H-pyrrole nitrogens is 2. The quantitative estimate of drug-likeness (QED) is 0.587. The van der Waals surface area contributed by atoms with E-state index in [1.54, 1.807) is 6.07 Å². The lowest BCUT2D eigenvalue weighted by Crippen LogP contribution is -2.27. The summed E-state index contributed by atoms with van der Waals surface area (Å²) in [7, 11) is 1.40. The minimum absolute atomic E-state index is 0.168. The van der Waals surface area contributed by atoms with Crippen LogP contribution in [0, 0.1) is 0 Å². The summed E-state index contributed by atoms with van der Waals surface area (Å²) < 4.78 is 4.87. The number of carbonyl (C=O) groups excluding carboxylic acids is 1. The first-order valence-electron chi connectivity index (χ1n) is 7.76. The monoisotopic (exact) mass is 360 g/mol. The number of benzene rings is 1. The van der Waals surface area contributed by atoms with Crippen molar-refractivity contribution in [2.24, 2.45) is 0 Å². The molecule has 0 bridgehead atoms. The van der Waals surface area contributed by atoms with Gasteiger partial charge in [0.15, 0.2) is 5.75 Å². The zero-order chi connectivity index (χ0) is 17.8. The highest BCUT2D eigenvalue weighted by molar-refractivity contribution is 6.31. The van der Waals surface area contributed by atoms with Crippen LogP contribution in [0.5, 0.6) is 5.75 Å². The first-order valence-corrected chi connectivity index (χ1v) is 8.13. The van der Waals surface area contributed by atoms with Gasteiger partial charge in [-0.1, -0.05) is 11.6 Å². The second kappa shape index (κ2) is 7.40. The van der Waals surface area contributed by atoms with Crippen LogP contribution >= 0.6 is 11.6 Å². The van der Waals surface area contributed by atoms with Crippen LogP contribution in [-0.4, -0.2) is 34.5 Å². The number of imidazole rings is 1. The molecule has 0 saturated carbocycles. The number of nitrogens with zero attached hydrogens (tertiary/aromatic N) is 1. The van der Waals surface area contributed by atoms with Crippen LogP contribution < -0.4 is 15.5 Å². The topological polar surface area (TPSA) is 99.9 Å². The molecule has 3 N–H and O–H groups in total. The minimum Gasteiger partial charge on any atom is -0.491 e. The molecule has 3 rings (SSSR count). The molecule has 0 aliphatic carbocycles. The van der Waals surface area contributed by atoms with Gasteiger partial charge in [-0.3, -0.25) is 9.59 Å². The van der Waals surface area contributed by atoms with Gasteiger partial charge >= 0.3 is 0 Å². The van der Waals surface area contributed by atoms with Crippen molar-refractivity contribution in [3.8, 4) is 5.75 Å². The van der Waals surface area contributed by atoms with Crippen LogP contribution in [0.4, 0.5) is 0 Å². The average Bonchev–Trinajstić information content (AvgIpc) is 3.00. The van der Waals surface area contributed by atoms with Gasteiger partial charge in [0.05, 0.1) is 18.1 Å². The third-order valence-electron chi connectivity index (χ3n) is 3.71. The highest BCUT2D eigenvalue weighted by Gasteiger charge is 2.09. The van der Waals surface area contributed by atoms with Gasteiger partial charge in [0.25, 0.3) is 5.91 Å². The molecule has 0 aliphatic rings. The SMILES string of the molecule is COc1c[nH]c(C(=O)NCCCc2nc3ccc(Cl)cc3[nH]2)cc1=O. The van der Waals surface area contributed by atoms with Crippen molar-refractivity contribution in [1.82, 2.24) is 20.3 Å². The molecule has 0 aliphatic heterocycles. The van der Waals surface area contributed by atoms with E-state index in [1.165, 1.54) is 19.4 Å². The van der Waals surface area contributed by atoms with Gasteiger partial charge < -0.3 is 20.0 Å². The van der Waals surface area contributed by atoms with E-state index in [2.05, 4.69) is 20.3 Å². The molecule has 130 valence electrons. The summed E-state index contributed by atoms with van der Waals surface area (Å²) in [6.07, 6.45) is 2.77. The molecule has 25 heavy (non-hydrogen) atoms. The third-order valence-corrected chi connectivity index (χ3v) is 3.95. The second-order valence-corrected chi connectivity index (χ2v) is 5.92. The van der Waals surface area contributed by atoms with Crippen LogP contribution in [0.25, 0.3) is 11.0 Å². The fraction of sp³-hybridized carbons (Fsp3) is 0.235. The lowest BCUT2D eigenvalue weighted by molar-refractivity contribution is 0.0948. The number of hydrogen-bond donors (Lipinski definition) is 3. The standard InChI is InChI=1S/C17H17ClN4O3/c1-25-15-9-20-13(8-14(15)23)17(24)19-6-2-3-16-21-11-5-4-10(18)7-12(11)22-16/h4-5,7-9H,2-3,6H2,1H3,(H,19,24)(H,20,23)(H,21,22). The lowest BCUT2D eigenvalue weighted by Gasteiger charge is -2.05. The summed E-state index contributed by atoms with van der Waals surface area (Å²) in [5.41, 5.74) is 1.61. The van der Waals surface area contributed by atoms with Gasteiger partial charge in [0.1, 0.15) is 11.5 Å². The molecule has 1 aromatic carbocycles. The van der Waals surface area contributed by atoms with E-state index < -0.39 is 0 Å². The van der Waals surface area contributed by atoms with Crippen molar-refractivity contribution in [1.29, 1.82) is 0 Å².